The molecule has 0 atom stereocenters. The summed E-state index contributed by atoms with van der Waals surface area (Å²) in [5.41, 5.74) is 0.899. The molecule has 6 heteroatoms. The smallest absolute Gasteiger partial charge is 0.272 e. The van der Waals surface area contributed by atoms with Gasteiger partial charge in [0.15, 0.2) is 0 Å². The zero-order valence-electron chi connectivity index (χ0n) is 12.4. The zero-order valence-corrected chi connectivity index (χ0v) is 12.4. The highest BCUT2D eigenvalue weighted by Gasteiger charge is 2.13. The highest BCUT2D eigenvalue weighted by molar-refractivity contribution is 6.04. The molecule has 0 aliphatic carbocycles. The predicted molar refractivity (Wildman–Crippen MR) is 85.4 cm³/mol. The summed E-state index contributed by atoms with van der Waals surface area (Å²) in [5.74, 6) is -0.843. The van der Waals surface area contributed by atoms with E-state index in [1.807, 2.05) is 0 Å². The van der Waals surface area contributed by atoms with E-state index in [0.717, 1.165) is 0 Å². The Morgan fingerprint density at radius 2 is 1.83 bits per heavy atom. The van der Waals surface area contributed by atoms with Crippen molar-refractivity contribution in [2.24, 2.45) is 7.05 Å². The first-order chi connectivity index (χ1) is 11.1. The second-order valence-corrected chi connectivity index (χ2v) is 5.01. The summed E-state index contributed by atoms with van der Waals surface area (Å²) in [6, 6.07) is 12.1. The van der Waals surface area contributed by atoms with E-state index in [4.69, 9.17) is 0 Å². The van der Waals surface area contributed by atoms with Gasteiger partial charge in [-0.1, -0.05) is 6.07 Å². The molecule has 0 bridgehead atoms. The van der Waals surface area contributed by atoms with E-state index >= 15 is 0 Å². The molecule has 3 rings (SSSR count). The quantitative estimate of drug-likeness (QED) is 0.808. The van der Waals surface area contributed by atoms with Crippen molar-refractivity contribution >= 4 is 11.6 Å². The van der Waals surface area contributed by atoms with E-state index < -0.39 is 11.7 Å². The minimum atomic E-state index is -0.440. The number of rotatable bonds is 3. The Hall–Kier alpha value is -3.15. The van der Waals surface area contributed by atoms with E-state index in [9.17, 15) is 14.0 Å². The molecular weight excluding hydrogens is 297 g/mol. The van der Waals surface area contributed by atoms with Crippen LogP contribution in [0.25, 0.3) is 5.69 Å². The van der Waals surface area contributed by atoms with Crippen LogP contribution >= 0.6 is 0 Å². The van der Waals surface area contributed by atoms with Crippen LogP contribution in [0.5, 0.6) is 0 Å². The maximum Gasteiger partial charge on any atom is 0.272 e. The van der Waals surface area contributed by atoms with Crippen molar-refractivity contribution in [2.45, 2.75) is 0 Å². The van der Waals surface area contributed by atoms with Gasteiger partial charge in [-0.05, 0) is 36.4 Å². The standard InChI is InChI=1S/C17H14FN3O2/c1-20-14(5-4-6-16(20)22)17(23)19-13-8-7-12(18)11-15(13)21-9-2-3-10-21/h2-11H,1H3,(H,19,23). The van der Waals surface area contributed by atoms with Crippen LogP contribution in [0, 0.1) is 5.82 Å². The van der Waals surface area contributed by atoms with Gasteiger partial charge in [-0.2, -0.15) is 0 Å². The van der Waals surface area contributed by atoms with Gasteiger partial charge in [0, 0.05) is 25.5 Å². The molecule has 0 aliphatic heterocycles. The molecule has 23 heavy (non-hydrogen) atoms. The molecule has 0 saturated heterocycles. The number of carbonyl (C=O) groups is 1. The average Bonchev–Trinajstić information content (AvgIpc) is 3.06. The zero-order chi connectivity index (χ0) is 16.4. The molecule has 5 nitrogen and oxygen atoms in total. The van der Waals surface area contributed by atoms with Gasteiger partial charge >= 0.3 is 0 Å². The molecule has 1 aromatic carbocycles. The Labute approximate surface area is 131 Å². The first-order valence-electron chi connectivity index (χ1n) is 6.96. The van der Waals surface area contributed by atoms with Crippen LogP contribution in [0.15, 0.2) is 65.7 Å². The number of aromatic nitrogens is 2. The van der Waals surface area contributed by atoms with Crippen molar-refractivity contribution in [1.29, 1.82) is 0 Å². The summed E-state index contributed by atoms with van der Waals surface area (Å²) < 4.78 is 16.5. The lowest BCUT2D eigenvalue weighted by Crippen LogP contribution is -2.25. The fourth-order valence-corrected chi connectivity index (χ4v) is 2.30. The van der Waals surface area contributed by atoms with Gasteiger partial charge in [-0.15, -0.1) is 0 Å². The van der Waals surface area contributed by atoms with Gasteiger partial charge in [0.1, 0.15) is 11.5 Å². The van der Waals surface area contributed by atoms with Crippen LogP contribution in [0.4, 0.5) is 10.1 Å². The second kappa shape index (κ2) is 5.92. The van der Waals surface area contributed by atoms with Crippen molar-refractivity contribution in [2.75, 3.05) is 5.32 Å². The third-order valence-corrected chi connectivity index (χ3v) is 3.51. The number of halogens is 1. The summed E-state index contributed by atoms with van der Waals surface area (Å²) in [6.45, 7) is 0. The van der Waals surface area contributed by atoms with Gasteiger partial charge in [0.2, 0.25) is 0 Å². The highest BCUT2D eigenvalue weighted by Crippen LogP contribution is 2.22. The molecule has 0 aliphatic rings. The topological polar surface area (TPSA) is 56.0 Å². The summed E-state index contributed by atoms with van der Waals surface area (Å²) in [7, 11) is 1.52. The van der Waals surface area contributed by atoms with Crippen LogP contribution in [-0.2, 0) is 7.05 Å². The van der Waals surface area contributed by atoms with Crippen LogP contribution in [-0.4, -0.2) is 15.0 Å². The molecule has 116 valence electrons. The fraction of sp³-hybridized carbons (Fsp3) is 0.0588. The molecule has 0 spiro atoms. The van der Waals surface area contributed by atoms with E-state index in [-0.39, 0.29) is 11.3 Å². The number of pyridine rings is 1. The van der Waals surface area contributed by atoms with Gasteiger partial charge in [-0.25, -0.2) is 4.39 Å². The Morgan fingerprint density at radius 1 is 1.09 bits per heavy atom. The highest BCUT2D eigenvalue weighted by atomic mass is 19.1. The lowest BCUT2D eigenvalue weighted by atomic mass is 10.2. The van der Waals surface area contributed by atoms with Crippen LogP contribution in [0.1, 0.15) is 10.5 Å². The lowest BCUT2D eigenvalue weighted by molar-refractivity contribution is 0.101. The summed E-state index contributed by atoms with van der Waals surface area (Å²) in [5, 5.41) is 2.72. The third-order valence-electron chi connectivity index (χ3n) is 3.51. The molecule has 1 N–H and O–H groups in total. The summed E-state index contributed by atoms with van der Waals surface area (Å²) in [4.78, 5) is 24.0. The molecule has 2 heterocycles. The number of hydrogen-bond donors (Lipinski definition) is 1. The van der Waals surface area contributed by atoms with Crippen molar-refractivity contribution in [3.63, 3.8) is 0 Å². The number of nitrogens with one attached hydrogen (secondary N) is 1. The number of benzene rings is 1. The van der Waals surface area contributed by atoms with Crippen LogP contribution < -0.4 is 10.9 Å². The lowest BCUT2D eigenvalue weighted by Gasteiger charge is -2.13. The van der Waals surface area contributed by atoms with Gasteiger partial charge in [-0.3, -0.25) is 9.59 Å². The fourth-order valence-electron chi connectivity index (χ4n) is 2.30. The molecule has 0 radical (unpaired) electrons. The summed E-state index contributed by atoms with van der Waals surface area (Å²) in [6.07, 6.45) is 3.51. The monoisotopic (exact) mass is 311 g/mol. The van der Waals surface area contributed by atoms with E-state index in [1.54, 1.807) is 35.2 Å². The number of anilines is 1. The molecular formula is C17H14FN3O2. The summed E-state index contributed by atoms with van der Waals surface area (Å²) >= 11 is 0. The van der Waals surface area contributed by atoms with Crippen LogP contribution in [0.3, 0.4) is 0 Å². The van der Waals surface area contributed by atoms with Crippen LogP contribution in [0.2, 0.25) is 0 Å². The van der Waals surface area contributed by atoms with E-state index in [0.29, 0.717) is 11.4 Å². The molecule has 0 fully saturated rings. The Balaban J connectivity index is 1.99. The number of amides is 1. The molecule has 0 unspecified atom stereocenters. The first kappa shape index (κ1) is 14.8. The van der Waals surface area contributed by atoms with Crippen molar-refractivity contribution in [3.05, 3.63) is 82.8 Å². The normalized spacial score (nSPS) is 10.5. The SMILES string of the molecule is Cn1c(C(=O)Nc2ccc(F)cc2-n2cccc2)cccc1=O. The Morgan fingerprint density at radius 3 is 2.57 bits per heavy atom. The largest absolute Gasteiger partial charge is 0.322 e. The van der Waals surface area contributed by atoms with Gasteiger partial charge in [0.25, 0.3) is 11.5 Å². The van der Waals surface area contributed by atoms with Crippen molar-refractivity contribution in [1.82, 2.24) is 9.13 Å². The molecule has 1 amide bonds. The third kappa shape index (κ3) is 2.91. The molecule has 0 saturated carbocycles. The molecule has 2 aromatic heterocycles. The average molecular weight is 311 g/mol. The number of carbonyl (C=O) groups excluding carboxylic acids is 1. The van der Waals surface area contributed by atoms with Crippen molar-refractivity contribution in [3.8, 4) is 5.69 Å². The maximum absolute atomic E-state index is 13.5. The number of hydrogen-bond acceptors (Lipinski definition) is 2. The predicted octanol–water partition coefficient (Wildman–Crippen LogP) is 2.57. The number of nitrogens with zero attached hydrogens (tertiary/aromatic N) is 2. The Bertz CT molecular complexity index is 914. The minimum absolute atomic E-state index is 0.222. The molecule has 3 aromatic rings. The maximum atomic E-state index is 13.5. The van der Waals surface area contributed by atoms with Gasteiger partial charge in [0.05, 0.1) is 11.4 Å². The van der Waals surface area contributed by atoms with Gasteiger partial charge < -0.3 is 14.5 Å². The minimum Gasteiger partial charge on any atom is -0.322 e. The first-order valence-corrected chi connectivity index (χ1v) is 6.96. The van der Waals surface area contributed by atoms with E-state index in [1.165, 1.54) is 41.9 Å². The van der Waals surface area contributed by atoms with Crippen molar-refractivity contribution < 1.29 is 9.18 Å². The second-order valence-electron chi connectivity index (χ2n) is 5.01. The Kier molecular flexibility index (Phi) is 3.80. The van der Waals surface area contributed by atoms with E-state index in [2.05, 4.69) is 5.32 Å².